The molecule has 94 valence electrons. The summed E-state index contributed by atoms with van der Waals surface area (Å²) in [4.78, 5) is 9.83. The van der Waals surface area contributed by atoms with Gasteiger partial charge in [0.15, 0.2) is 0 Å². The fourth-order valence-corrected chi connectivity index (χ4v) is 2.34. The fourth-order valence-electron chi connectivity index (χ4n) is 1.21. The first-order chi connectivity index (χ1) is 7.85. The van der Waals surface area contributed by atoms with Crippen molar-refractivity contribution >= 4 is 21.4 Å². The predicted molar refractivity (Wildman–Crippen MR) is 62.5 cm³/mol. The van der Waals surface area contributed by atoms with Gasteiger partial charge in [-0.15, -0.1) is 0 Å². The molecule has 1 rings (SSSR count). The van der Waals surface area contributed by atoms with Crippen LogP contribution in [0.2, 0.25) is 0 Å². The van der Waals surface area contributed by atoms with E-state index in [-0.39, 0.29) is 22.9 Å². The number of phenols is 1. The number of rotatable bonds is 5. The van der Waals surface area contributed by atoms with E-state index in [1.165, 1.54) is 0 Å². The van der Waals surface area contributed by atoms with E-state index in [9.17, 15) is 23.6 Å². The van der Waals surface area contributed by atoms with Gasteiger partial charge in [0, 0.05) is 12.1 Å². The standard InChI is InChI=1S/C9H12N2O5S/c1-2-5-17(15,16)10-8-6-7(11(13)14)3-4-9(8)12/h3-4,6,10,12H,2,5H2,1H3. The number of hydrogen-bond acceptors (Lipinski definition) is 5. The van der Waals surface area contributed by atoms with Crippen molar-refractivity contribution in [1.82, 2.24) is 0 Å². The molecule has 0 spiro atoms. The lowest BCUT2D eigenvalue weighted by molar-refractivity contribution is -0.384. The monoisotopic (exact) mass is 260 g/mol. The smallest absolute Gasteiger partial charge is 0.271 e. The summed E-state index contributed by atoms with van der Waals surface area (Å²) in [5.74, 6) is -0.468. The first-order valence-electron chi connectivity index (χ1n) is 4.83. The summed E-state index contributed by atoms with van der Waals surface area (Å²) < 4.78 is 25.0. The van der Waals surface area contributed by atoms with Crippen LogP contribution in [0.3, 0.4) is 0 Å². The minimum absolute atomic E-state index is 0.116. The van der Waals surface area contributed by atoms with E-state index < -0.39 is 14.9 Å². The number of hydrogen-bond donors (Lipinski definition) is 2. The summed E-state index contributed by atoms with van der Waals surface area (Å²) in [5, 5.41) is 19.9. The molecule has 0 fully saturated rings. The van der Waals surface area contributed by atoms with E-state index in [0.717, 1.165) is 18.2 Å². The molecule has 0 radical (unpaired) electrons. The summed E-state index contributed by atoms with van der Waals surface area (Å²) in [7, 11) is -3.58. The largest absolute Gasteiger partial charge is 0.506 e. The number of nitrogens with one attached hydrogen (secondary N) is 1. The molecule has 8 heteroatoms. The Hall–Kier alpha value is -1.83. The topological polar surface area (TPSA) is 110 Å². The van der Waals surface area contributed by atoms with Gasteiger partial charge in [-0.25, -0.2) is 8.42 Å². The number of non-ortho nitro benzene ring substituents is 1. The molecule has 0 bridgehead atoms. The second-order valence-electron chi connectivity index (χ2n) is 3.38. The third kappa shape index (κ3) is 3.59. The van der Waals surface area contributed by atoms with Gasteiger partial charge in [-0.1, -0.05) is 6.92 Å². The van der Waals surface area contributed by atoms with Gasteiger partial charge in [-0.05, 0) is 12.5 Å². The van der Waals surface area contributed by atoms with Gasteiger partial charge in [-0.3, -0.25) is 14.8 Å². The lowest BCUT2D eigenvalue weighted by Gasteiger charge is -2.08. The van der Waals surface area contributed by atoms with Crippen LogP contribution in [-0.2, 0) is 10.0 Å². The summed E-state index contributed by atoms with van der Waals surface area (Å²) in [6.07, 6.45) is 0.408. The first kappa shape index (κ1) is 13.2. The van der Waals surface area contributed by atoms with Crippen molar-refractivity contribution in [3.05, 3.63) is 28.3 Å². The molecule has 2 N–H and O–H groups in total. The van der Waals surface area contributed by atoms with Gasteiger partial charge in [0.25, 0.3) is 5.69 Å². The molecule has 1 aromatic carbocycles. The second-order valence-corrected chi connectivity index (χ2v) is 5.22. The Bertz CT molecular complexity index is 526. The van der Waals surface area contributed by atoms with Crippen LogP contribution in [0.5, 0.6) is 5.75 Å². The van der Waals surface area contributed by atoms with Crippen molar-refractivity contribution < 1.29 is 18.4 Å². The lowest BCUT2D eigenvalue weighted by atomic mass is 10.2. The van der Waals surface area contributed by atoms with Crippen LogP contribution in [0.25, 0.3) is 0 Å². The number of phenolic OH excluding ortho intramolecular Hbond substituents is 1. The summed E-state index contributed by atoms with van der Waals surface area (Å²) in [5.41, 5.74) is -0.482. The zero-order valence-corrected chi connectivity index (χ0v) is 9.90. The minimum Gasteiger partial charge on any atom is -0.506 e. The molecule has 7 nitrogen and oxygen atoms in total. The van der Waals surface area contributed by atoms with E-state index in [1.807, 2.05) is 0 Å². The zero-order chi connectivity index (χ0) is 13.1. The molecular formula is C9H12N2O5S. The van der Waals surface area contributed by atoms with Crippen molar-refractivity contribution in [3.8, 4) is 5.75 Å². The minimum atomic E-state index is -3.58. The number of nitro benzene ring substituents is 1. The average molecular weight is 260 g/mol. The van der Waals surface area contributed by atoms with Crippen LogP contribution in [-0.4, -0.2) is 24.2 Å². The molecule has 0 heterocycles. The molecule has 17 heavy (non-hydrogen) atoms. The van der Waals surface area contributed by atoms with Crippen molar-refractivity contribution in [2.45, 2.75) is 13.3 Å². The van der Waals surface area contributed by atoms with Gasteiger partial charge in [0.1, 0.15) is 5.75 Å². The van der Waals surface area contributed by atoms with Gasteiger partial charge >= 0.3 is 0 Å². The number of sulfonamides is 1. The third-order valence-electron chi connectivity index (χ3n) is 1.93. The Morgan fingerprint density at radius 2 is 2.12 bits per heavy atom. The highest BCUT2D eigenvalue weighted by Gasteiger charge is 2.15. The highest BCUT2D eigenvalue weighted by Crippen LogP contribution is 2.28. The summed E-state index contributed by atoms with van der Waals surface area (Å²) in [6, 6.07) is 3.14. The van der Waals surface area contributed by atoms with Crippen molar-refractivity contribution in [1.29, 1.82) is 0 Å². The SMILES string of the molecule is CCCS(=O)(=O)Nc1cc([N+](=O)[O-])ccc1O. The Balaban J connectivity index is 3.06. The summed E-state index contributed by atoms with van der Waals surface area (Å²) >= 11 is 0. The number of anilines is 1. The molecule has 0 saturated heterocycles. The molecule has 0 aromatic heterocycles. The van der Waals surface area contributed by atoms with E-state index in [4.69, 9.17) is 0 Å². The fraction of sp³-hybridized carbons (Fsp3) is 0.333. The maximum Gasteiger partial charge on any atom is 0.271 e. The van der Waals surface area contributed by atoms with E-state index in [0.29, 0.717) is 6.42 Å². The highest BCUT2D eigenvalue weighted by molar-refractivity contribution is 7.92. The van der Waals surface area contributed by atoms with Gasteiger partial charge in [-0.2, -0.15) is 0 Å². The number of nitro groups is 1. The zero-order valence-electron chi connectivity index (χ0n) is 9.08. The molecular weight excluding hydrogens is 248 g/mol. The van der Waals surface area contributed by atoms with Gasteiger partial charge in [0.2, 0.25) is 10.0 Å². The van der Waals surface area contributed by atoms with E-state index in [2.05, 4.69) is 4.72 Å². The van der Waals surface area contributed by atoms with Crippen LogP contribution in [0.1, 0.15) is 13.3 Å². The Kier molecular flexibility index (Phi) is 3.89. The highest BCUT2D eigenvalue weighted by atomic mass is 32.2. The van der Waals surface area contributed by atoms with Crippen molar-refractivity contribution in [2.75, 3.05) is 10.5 Å². The maximum atomic E-state index is 11.4. The number of nitrogens with zero attached hydrogens (tertiary/aromatic N) is 1. The van der Waals surface area contributed by atoms with Gasteiger partial charge < -0.3 is 5.11 Å². The third-order valence-corrected chi connectivity index (χ3v) is 3.41. The number of aromatic hydroxyl groups is 1. The Morgan fingerprint density at radius 3 is 2.65 bits per heavy atom. The van der Waals surface area contributed by atoms with Crippen LogP contribution in [0.15, 0.2) is 18.2 Å². The van der Waals surface area contributed by atoms with Gasteiger partial charge in [0.05, 0.1) is 16.4 Å². The normalized spacial score (nSPS) is 11.1. The predicted octanol–water partition coefficient (Wildman–Crippen LogP) is 1.45. The van der Waals surface area contributed by atoms with Crippen LogP contribution < -0.4 is 4.72 Å². The molecule has 0 aliphatic heterocycles. The molecule has 0 unspecified atom stereocenters. The van der Waals surface area contributed by atoms with E-state index >= 15 is 0 Å². The Morgan fingerprint density at radius 1 is 1.47 bits per heavy atom. The average Bonchev–Trinajstić information content (AvgIpc) is 2.20. The Labute approximate surface area is 98.3 Å². The molecule has 1 aromatic rings. The van der Waals surface area contributed by atoms with Crippen molar-refractivity contribution in [3.63, 3.8) is 0 Å². The quantitative estimate of drug-likeness (QED) is 0.473. The molecule has 0 atom stereocenters. The van der Waals surface area contributed by atoms with Crippen LogP contribution in [0.4, 0.5) is 11.4 Å². The first-order valence-corrected chi connectivity index (χ1v) is 6.49. The van der Waals surface area contributed by atoms with Crippen LogP contribution >= 0.6 is 0 Å². The molecule has 0 aliphatic rings. The number of benzene rings is 1. The van der Waals surface area contributed by atoms with E-state index in [1.54, 1.807) is 6.92 Å². The van der Waals surface area contributed by atoms with Crippen LogP contribution in [0, 0.1) is 10.1 Å². The maximum absolute atomic E-state index is 11.4. The molecule has 0 saturated carbocycles. The second kappa shape index (κ2) is 5.00. The molecule has 0 aliphatic carbocycles. The van der Waals surface area contributed by atoms with Crippen molar-refractivity contribution in [2.24, 2.45) is 0 Å². The summed E-state index contributed by atoms with van der Waals surface area (Å²) in [6.45, 7) is 1.69. The lowest BCUT2D eigenvalue weighted by Crippen LogP contribution is -2.16. The molecule has 0 amide bonds.